The van der Waals surface area contributed by atoms with Crippen LogP contribution in [-0.2, 0) is 15.9 Å². The third-order valence-electron chi connectivity index (χ3n) is 2.46. The predicted octanol–water partition coefficient (Wildman–Crippen LogP) is 0.143. The Morgan fingerprint density at radius 2 is 1.69 bits per heavy atom. The summed E-state index contributed by atoms with van der Waals surface area (Å²) in [4.78, 5) is 0. The van der Waals surface area contributed by atoms with Gasteiger partial charge < -0.3 is 19.5 Å². The highest BCUT2D eigenvalue weighted by molar-refractivity contribution is 6.58. The lowest BCUT2D eigenvalue weighted by molar-refractivity contribution is -0.0275. The topological polar surface area (TPSA) is 58.9 Å². The Bertz CT molecular complexity index is 353. The second kappa shape index (κ2) is 5.05. The van der Waals surface area contributed by atoms with Gasteiger partial charge in [-0.1, -0.05) is 24.3 Å². The van der Waals surface area contributed by atoms with Crippen LogP contribution in [-0.4, -0.2) is 23.5 Å². The molecule has 84 valence electrons. The zero-order valence-electron chi connectivity index (χ0n) is 8.74. The van der Waals surface area contributed by atoms with Crippen molar-refractivity contribution in [2.24, 2.45) is 0 Å². The van der Waals surface area contributed by atoms with Crippen molar-refractivity contribution in [3.05, 3.63) is 42.4 Å². The van der Waals surface area contributed by atoms with E-state index in [-0.39, 0.29) is 6.29 Å². The minimum absolute atomic E-state index is 0.192. The number of hydrogen-bond acceptors (Lipinski definition) is 4. The Morgan fingerprint density at radius 3 is 2.25 bits per heavy atom. The van der Waals surface area contributed by atoms with Crippen LogP contribution in [0.3, 0.4) is 0 Å². The second-order valence-electron chi connectivity index (χ2n) is 3.63. The Hall–Kier alpha value is -1.46. The van der Waals surface area contributed by atoms with Gasteiger partial charge in [0.2, 0.25) is 6.29 Å². The average molecular weight is 220 g/mol. The molecule has 1 aromatic rings. The monoisotopic (exact) mass is 220 g/mol. The number of benzene rings is 1. The van der Waals surface area contributed by atoms with Gasteiger partial charge in [-0.3, -0.25) is 0 Å². The van der Waals surface area contributed by atoms with Crippen LogP contribution in [0.25, 0.3) is 0 Å². The molecule has 5 heteroatoms. The van der Waals surface area contributed by atoms with Gasteiger partial charge >= 0.3 is 7.12 Å². The maximum Gasteiger partial charge on any atom is 0.488 e. The lowest BCUT2D eigenvalue weighted by Crippen LogP contribution is -2.29. The molecule has 0 unspecified atom stereocenters. The molecule has 4 nitrogen and oxygen atoms in total. The second-order valence-corrected chi connectivity index (χ2v) is 3.63. The minimum Gasteiger partial charge on any atom is -0.459 e. The van der Waals surface area contributed by atoms with Crippen molar-refractivity contribution in [2.75, 3.05) is 0 Å². The molecule has 0 fully saturated rings. The first kappa shape index (κ1) is 11.0. The molecular formula is C11H13BO4. The van der Waals surface area contributed by atoms with Crippen LogP contribution in [0.2, 0.25) is 0 Å². The molecule has 0 bridgehead atoms. The first-order valence-corrected chi connectivity index (χ1v) is 5.16. The molecule has 1 aliphatic rings. The van der Waals surface area contributed by atoms with E-state index in [2.05, 4.69) is 0 Å². The summed E-state index contributed by atoms with van der Waals surface area (Å²) < 4.78 is 10.3. The molecule has 2 rings (SSSR count). The fraction of sp³-hybridized carbons (Fsp3) is 0.273. The summed E-state index contributed by atoms with van der Waals surface area (Å²) >= 11 is 0. The Kier molecular flexibility index (Phi) is 3.49. The first-order valence-electron chi connectivity index (χ1n) is 5.16. The van der Waals surface area contributed by atoms with Crippen LogP contribution in [0.1, 0.15) is 12.0 Å². The highest BCUT2D eigenvalue weighted by Gasteiger charge is 2.13. The van der Waals surface area contributed by atoms with E-state index in [1.54, 1.807) is 12.1 Å². The van der Waals surface area contributed by atoms with Crippen molar-refractivity contribution in [3.63, 3.8) is 0 Å². The molecule has 0 saturated heterocycles. The van der Waals surface area contributed by atoms with Gasteiger partial charge in [-0.15, -0.1) is 0 Å². The summed E-state index contributed by atoms with van der Waals surface area (Å²) in [5.74, 6) is 0. The Morgan fingerprint density at radius 1 is 1.06 bits per heavy atom. The minimum atomic E-state index is -1.40. The lowest BCUT2D eigenvalue weighted by atomic mass is 9.80. The molecular weight excluding hydrogens is 207 g/mol. The van der Waals surface area contributed by atoms with Crippen molar-refractivity contribution >= 4 is 12.6 Å². The highest BCUT2D eigenvalue weighted by atomic mass is 16.7. The van der Waals surface area contributed by atoms with E-state index in [4.69, 9.17) is 19.5 Å². The first-order chi connectivity index (χ1) is 7.75. The molecule has 2 N–H and O–H groups in total. The Labute approximate surface area is 94.3 Å². The van der Waals surface area contributed by atoms with Gasteiger partial charge in [-0.25, -0.2) is 0 Å². The number of aryl methyl sites for hydroxylation is 1. The van der Waals surface area contributed by atoms with E-state index < -0.39 is 7.12 Å². The van der Waals surface area contributed by atoms with Crippen LogP contribution in [0.4, 0.5) is 0 Å². The van der Waals surface area contributed by atoms with Crippen LogP contribution in [0, 0.1) is 0 Å². The van der Waals surface area contributed by atoms with E-state index >= 15 is 0 Å². The molecule has 0 radical (unpaired) electrons. The molecule has 0 aromatic heterocycles. The van der Waals surface area contributed by atoms with Crippen molar-refractivity contribution in [1.29, 1.82) is 0 Å². The molecule has 0 saturated carbocycles. The molecule has 1 heterocycles. The summed E-state index contributed by atoms with van der Waals surface area (Å²) in [6.45, 7) is 0. The normalized spacial score (nSPS) is 14.6. The fourth-order valence-electron chi connectivity index (χ4n) is 1.55. The highest BCUT2D eigenvalue weighted by Crippen LogP contribution is 2.12. The Balaban J connectivity index is 1.85. The summed E-state index contributed by atoms with van der Waals surface area (Å²) in [6, 6.07) is 7.15. The quantitative estimate of drug-likeness (QED) is 0.708. The molecule has 0 atom stereocenters. The predicted molar refractivity (Wildman–Crippen MR) is 59.7 cm³/mol. The van der Waals surface area contributed by atoms with Gasteiger partial charge in [-0.2, -0.15) is 0 Å². The van der Waals surface area contributed by atoms with Crippen LogP contribution < -0.4 is 5.46 Å². The van der Waals surface area contributed by atoms with Gasteiger partial charge in [0.1, 0.15) is 12.5 Å². The van der Waals surface area contributed by atoms with Crippen LogP contribution in [0.5, 0.6) is 0 Å². The van der Waals surface area contributed by atoms with Gasteiger partial charge in [0, 0.05) is 6.42 Å². The van der Waals surface area contributed by atoms with Gasteiger partial charge in [0.25, 0.3) is 0 Å². The van der Waals surface area contributed by atoms with Crippen molar-refractivity contribution in [1.82, 2.24) is 0 Å². The molecule has 1 aliphatic heterocycles. The van der Waals surface area contributed by atoms with Crippen LogP contribution >= 0.6 is 0 Å². The molecule has 1 aromatic carbocycles. The van der Waals surface area contributed by atoms with E-state index in [1.807, 2.05) is 12.1 Å². The maximum absolute atomic E-state index is 8.92. The SMILES string of the molecule is OB(O)c1ccc(CCC2OC=CO2)cc1. The summed E-state index contributed by atoms with van der Waals surface area (Å²) in [5.41, 5.74) is 1.61. The van der Waals surface area contributed by atoms with Crippen molar-refractivity contribution < 1.29 is 19.5 Å². The van der Waals surface area contributed by atoms with Crippen molar-refractivity contribution in [2.45, 2.75) is 19.1 Å². The van der Waals surface area contributed by atoms with E-state index in [1.165, 1.54) is 12.5 Å². The lowest BCUT2D eigenvalue weighted by Gasteiger charge is -2.10. The molecule has 0 aliphatic carbocycles. The van der Waals surface area contributed by atoms with E-state index in [9.17, 15) is 0 Å². The molecule has 0 spiro atoms. The third kappa shape index (κ3) is 2.78. The number of hydrogen-bond donors (Lipinski definition) is 2. The fourth-order valence-corrected chi connectivity index (χ4v) is 1.55. The summed E-state index contributed by atoms with van der Waals surface area (Å²) in [7, 11) is -1.40. The van der Waals surface area contributed by atoms with Gasteiger partial charge in [0.15, 0.2) is 0 Å². The smallest absolute Gasteiger partial charge is 0.459 e. The summed E-state index contributed by atoms with van der Waals surface area (Å²) in [5, 5.41) is 17.8. The van der Waals surface area contributed by atoms with E-state index in [0.717, 1.165) is 18.4 Å². The maximum atomic E-state index is 8.92. The van der Waals surface area contributed by atoms with Crippen molar-refractivity contribution in [3.8, 4) is 0 Å². The zero-order valence-corrected chi connectivity index (χ0v) is 8.74. The largest absolute Gasteiger partial charge is 0.488 e. The number of ether oxygens (including phenoxy) is 2. The summed E-state index contributed by atoms with van der Waals surface area (Å²) in [6.07, 6.45) is 4.48. The standard InChI is InChI=1S/C11H13BO4/c13-12(14)10-4-1-9(2-5-10)3-6-11-15-7-8-16-11/h1-2,4-5,7-8,11,13-14H,3,6H2. The van der Waals surface area contributed by atoms with Gasteiger partial charge in [-0.05, 0) is 17.4 Å². The zero-order chi connectivity index (χ0) is 11.4. The average Bonchev–Trinajstić information content (AvgIpc) is 2.80. The molecule has 16 heavy (non-hydrogen) atoms. The van der Waals surface area contributed by atoms with E-state index in [0.29, 0.717) is 5.46 Å². The number of rotatable bonds is 4. The third-order valence-corrected chi connectivity index (χ3v) is 2.46. The molecule has 0 amide bonds. The van der Waals surface area contributed by atoms with Crippen LogP contribution in [0.15, 0.2) is 36.8 Å². The van der Waals surface area contributed by atoms with Gasteiger partial charge in [0.05, 0.1) is 0 Å².